The number of hydrogen-bond donors (Lipinski definition) is 2. The van der Waals surface area contributed by atoms with Gasteiger partial charge in [-0.05, 0) is 93.9 Å². The van der Waals surface area contributed by atoms with E-state index < -0.39 is 5.54 Å². The van der Waals surface area contributed by atoms with Crippen LogP contribution in [0.1, 0.15) is 52.9 Å². The van der Waals surface area contributed by atoms with Crippen molar-refractivity contribution in [3.63, 3.8) is 0 Å². The predicted molar refractivity (Wildman–Crippen MR) is 120 cm³/mol. The Kier molecular flexibility index (Phi) is 7.41. The lowest BCUT2D eigenvalue weighted by molar-refractivity contribution is -0.127. The lowest BCUT2D eigenvalue weighted by Gasteiger charge is -2.39. The first-order valence-electron chi connectivity index (χ1n) is 10.1. The molecule has 0 saturated heterocycles. The van der Waals surface area contributed by atoms with Crippen LogP contribution in [-0.4, -0.2) is 17.5 Å². The molecule has 6 heteroatoms. The number of benzene rings is 1. The van der Waals surface area contributed by atoms with Crippen molar-refractivity contribution < 1.29 is 4.79 Å². The van der Waals surface area contributed by atoms with Crippen molar-refractivity contribution in [2.75, 3.05) is 0 Å². The van der Waals surface area contributed by atoms with Crippen LogP contribution < -0.4 is 10.0 Å². The smallest absolute Gasteiger partial charge is 0.240 e. The number of carbonyl (C=O) groups excluding carboxylic acids is 1. The van der Waals surface area contributed by atoms with Gasteiger partial charge in [0.15, 0.2) is 0 Å². The highest BCUT2D eigenvalue weighted by molar-refractivity contribution is 7.97. The van der Waals surface area contributed by atoms with E-state index in [1.807, 2.05) is 26.0 Å². The summed E-state index contributed by atoms with van der Waals surface area (Å²) in [5, 5.41) is 4.53. The van der Waals surface area contributed by atoms with Gasteiger partial charge in [0, 0.05) is 21.0 Å². The summed E-state index contributed by atoms with van der Waals surface area (Å²) in [7, 11) is 0. The molecular weight excluding hydrogens is 411 g/mol. The van der Waals surface area contributed by atoms with Gasteiger partial charge in [0.25, 0.3) is 0 Å². The first-order chi connectivity index (χ1) is 13.2. The average Bonchev–Trinajstić information content (AvgIpc) is 2.60. The SMILES string of the molecule is CC1CC2C=CCCC(NC(=O)C(C)(C)NSc3cc(Cl)cc(Cl)c3)C(C1)C2. The first kappa shape index (κ1) is 22.0. The van der Waals surface area contributed by atoms with Crippen molar-refractivity contribution >= 4 is 41.1 Å². The summed E-state index contributed by atoms with van der Waals surface area (Å²) in [5.41, 5.74) is -0.711. The van der Waals surface area contributed by atoms with Crippen LogP contribution >= 0.6 is 35.1 Å². The molecule has 2 N–H and O–H groups in total. The van der Waals surface area contributed by atoms with Crippen LogP contribution in [0, 0.1) is 17.8 Å². The molecule has 28 heavy (non-hydrogen) atoms. The molecule has 3 rings (SSSR count). The van der Waals surface area contributed by atoms with Gasteiger partial charge in [-0.15, -0.1) is 0 Å². The fraction of sp³-hybridized carbons (Fsp3) is 0.591. The van der Waals surface area contributed by atoms with Gasteiger partial charge >= 0.3 is 0 Å². The number of fused-ring (bicyclic) bond motifs is 2. The Morgan fingerprint density at radius 2 is 1.86 bits per heavy atom. The molecule has 0 aliphatic heterocycles. The van der Waals surface area contributed by atoms with Gasteiger partial charge in [-0.3, -0.25) is 4.79 Å². The van der Waals surface area contributed by atoms with Crippen LogP contribution in [0.3, 0.4) is 0 Å². The van der Waals surface area contributed by atoms with E-state index in [0.717, 1.165) is 23.7 Å². The molecule has 0 aromatic heterocycles. The summed E-state index contributed by atoms with van der Waals surface area (Å²) in [6.07, 6.45) is 10.4. The van der Waals surface area contributed by atoms with Gasteiger partial charge in [-0.2, -0.15) is 0 Å². The summed E-state index contributed by atoms with van der Waals surface area (Å²) in [6.45, 7) is 6.17. The molecule has 1 fully saturated rings. The maximum Gasteiger partial charge on any atom is 0.240 e. The van der Waals surface area contributed by atoms with Gasteiger partial charge in [0.1, 0.15) is 5.54 Å². The minimum absolute atomic E-state index is 0.0393. The predicted octanol–water partition coefficient (Wildman–Crippen LogP) is 6.26. The molecule has 2 aliphatic carbocycles. The molecule has 4 atom stereocenters. The van der Waals surface area contributed by atoms with Gasteiger partial charge in [0.2, 0.25) is 5.91 Å². The normalized spacial score (nSPS) is 27.8. The largest absolute Gasteiger partial charge is 0.351 e. The zero-order valence-corrected chi connectivity index (χ0v) is 19.1. The van der Waals surface area contributed by atoms with Gasteiger partial charge < -0.3 is 5.32 Å². The number of halogens is 2. The summed E-state index contributed by atoms with van der Waals surface area (Å²) in [4.78, 5) is 14.0. The molecule has 0 heterocycles. The molecule has 0 radical (unpaired) electrons. The molecular formula is C22H30Cl2N2OS. The van der Waals surface area contributed by atoms with Gasteiger partial charge in [-0.1, -0.05) is 42.3 Å². The Morgan fingerprint density at radius 1 is 1.14 bits per heavy atom. The van der Waals surface area contributed by atoms with E-state index >= 15 is 0 Å². The number of hydrogen-bond acceptors (Lipinski definition) is 3. The standard InChI is InChI=1S/C22H30Cl2N2OS/c1-14-8-15-6-4-5-7-20(16(9-14)10-15)25-21(27)22(2,3)26-28-19-12-17(23)11-18(24)13-19/h4,6,11-16,20,26H,5,7-10H2,1-3H3,(H,25,27). The minimum atomic E-state index is -0.711. The molecule has 1 amide bonds. The van der Waals surface area contributed by atoms with E-state index in [2.05, 4.69) is 29.1 Å². The number of rotatable bonds is 5. The summed E-state index contributed by atoms with van der Waals surface area (Å²) < 4.78 is 3.28. The molecule has 1 aromatic rings. The van der Waals surface area contributed by atoms with Crippen LogP contribution in [0.2, 0.25) is 10.0 Å². The van der Waals surface area contributed by atoms with Crippen LogP contribution in [0.4, 0.5) is 0 Å². The highest BCUT2D eigenvalue weighted by Crippen LogP contribution is 2.38. The Bertz CT molecular complexity index is 717. The van der Waals surface area contributed by atoms with Crippen molar-refractivity contribution in [1.29, 1.82) is 0 Å². The molecule has 3 nitrogen and oxygen atoms in total. The van der Waals surface area contributed by atoms with Crippen molar-refractivity contribution in [2.45, 2.75) is 69.4 Å². The number of carbonyl (C=O) groups is 1. The fourth-order valence-corrected chi connectivity index (χ4v) is 5.85. The van der Waals surface area contributed by atoms with E-state index in [4.69, 9.17) is 23.2 Å². The molecule has 154 valence electrons. The maximum absolute atomic E-state index is 13.1. The van der Waals surface area contributed by atoms with Crippen molar-refractivity contribution in [3.05, 3.63) is 40.4 Å². The van der Waals surface area contributed by atoms with E-state index in [-0.39, 0.29) is 11.9 Å². The summed E-state index contributed by atoms with van der Waals surface area (Å²) >= 11 is 13.5. The van der Waals surface area contributed by atoms with E-state index in [9.17, 15) is 4.79 Å². The Balaban J connectivity index is 1.62. The van der Waals surface area contributed by atoms with Gasteiger partial charge in [0.05, 0.1) is 0 Å². The number of nitrogens with one attached hydrogen (secondary N) is 2. The zero-order valence-electron chi connectivity index (χ0n) is 16.8. The van der Waals surface area contributed by atoms with Crippen molar-refractivity contribution in [3.8, 4) is 0 Å². The molecule has 4 unspecified atom stereocenters. The molecule has 2 aliphatic rings. The topological polar surface area (TPSA) is 41.1 Å². The quantitative estimate of drug-likeness (QED) is 0.419. The molecule has 2 bridgehead atoms. The fourth-order valence-electron chi connectivity index (χ4n) is 4.36. The molecule has 1 saturated carbocycles. The van der Waals surface area contributed by atoms with Crippen LogP contribution in [-0.2, 0) is 4.79 Å². The second-order valence-corrected chi connectivity index (χ2v) is 10.6. The average molecular weight is 441 g/mol. The van der Waals surface area contributed by atoms with Gasteiger partial charge in [-0.25, -0.2) is 4.72 Å². The molecule has 0 spiro atoms. The zero-order chi connectivity index (χ0) is 20.3. The van der Waals surface area contributed by atoms with Crippen LogP contribution in [0.5, 0.6) is 0 Å². The van der Waals surface area contributed by atoms with E-state index in [1.54, 1.807) is 6.07 Å². The Morgan fingerprint density at radius 3 is 2.57 bits per heavy atom. The van der Waals surface area contributed by atoms with Crippen LogP contribution in [0.15, 0.2) is 35.2 Å². The minimum Gasteiger partial charge on any atom is -0.351 e. The van der Waals surface area contributed by atoms with Crippen LogP contribution in [0.25, 0.3) is 0 Å². The summed E-state index contributed by atoms with van der Waals surface area (Å²) in [6, 6.07) is 5.62. The number of allylic oxidation sites excluding steroid dienone is 2. The summed E-state index contributed by atoms with van der Waals surface area (Å²) in [5.74, 6) is 2.00. The second kappa shape index (κ2) is 9.42. The monoisotopic (exact) mass is 440 g/mol. The lowest BCUT2D eigenvalue weighted by atomic mass is 9.71. The third kappa shape index (κ3) is 5.91. The second-order valence-electron chi connectivity index (χ2n) is 8.85. The highest BCUT2D eigenvalue weighted by atomic mass is 35.5. The lowest BCUT2D eigenvalue weighted by Crippen LogP contribution is -2.55. The van der Waals surface area contributed by atoms with E-state index in [1.165, 1.54) is 31.2 Å². The van der Waals surface area contributed by atoms with Crippen molar-refractivity contribution in [2.24, 2.45) is 17.8 Å². The first-order valence-corrected chi connectivity index (χ1v) is 11.7. The van der Waals surface area contributed by atoms with Crippen molar-refractivity contribution in [1.82, 2.24) is 10.0 Å². The number of amides is 1. The maximum atomic E-state index is 13.1. The van der Waals surface area contributed by atoms with E-state index in [0.29, 0.717) is 21.9 Å². The Labute approximate surface area is 183 Å². The third-order valence-corrected chi connectivity index (χ3v) is 7.30. The molecule has 1 aromatic carbocycles. The highest BCUT2D eigenvalue weighted by Gasteiger charge is 2.35. The Hall–Kier alpha value is -0.680. The third-order valence-electron chi connectivity index (χ3n) is 5.78.